The van der Waals surface area contributed by atoms with Gasteiger partial charge in [-0.2, -0.15) is 0 Å². The van der Waals surface area contributed by atoms with E-state index < -0.39 is 0 Å². The maximum Gasteiger partial charge on any atom is 0.128 e. The van der Waals surface area contributed by atoms with Gasteiger partial charge < -0.3 is 10.3 Å². The molecule has 0 aliphatic rings. The second kappa shape index (κ2) is 5.13. The molecule has 0 bridgehead atoms. The van der Waals surface area contributed by atoms with Crippen LogP contribution in [-0.2, 0) is 6.54 Å². The molecule has 0 fully saturated rings. The summed E-state index contributed by atoms with van der Waals surface area (Å²) < 4.78 is 15.6. The molecular formula is C15H13FN4. The molecule has 100 valence electrons. The lowest BCUT2D eigenvalue weighted by Crippen LogP contribution is -2.03. The fraction of sp³-hybridized carbons (Fsp3) is 0.0667. The highest BCUT2D eigenvalue weighted by atomic mass is 19.1. The molecule has 2 N–H and O–H groups in total. The molecule has 3 aromatic rings. The summed E-state index contributed by atoms with van der Waals surface area (Å²) in [4.78, 5) is 8.19. The SMILES string of the molecule is Nc1ccncc1-c1cncn1Cc1ccccc1F. The van der Waals surface area contributed by atoms with Crippen LogP contribution < -0.4 is 5.73 Å². The Bertz CT molecular complexity index is 736. The summed E-state index contributed by atoms with van der Waals surface area (Å²) in [5.41, 5.74) is 8.79. The molecule has 20 heavy (non-hydrogen) atoms. The van der Waals surface area contributed by atoms with E-state index in [9.17, 15) is 4.39 Å². The van der Waals surface area contributed by atoms with E-state index >= 15 is 0 Å². The van der Waals surface area contributed by atoms with Gasteiger partial charge in [0.15, 0.2) is 0 Å². The van der Waals surface area contributed by atoms with Crippen LogP contribution in [0.5, 0.6) is 0 Å². The van der Waals surface area contributed by atoms with E-state index in [4.69, 9.17) is 5.73 Å². The predicted octanol–water partition coefficient (Wildman–Crippen LogP) is 2.71. The number of hydrogen-bond acceptors (Lipinski definition) is 3. The summed E-state index contributed by atoms with van der Waals surface area (Å²) in [6, 6.07) is 8.42. The van der Waals surface area contributed by atoms with Crippen molar-refractivity contribution in [2.75, 3.05) is 5.73 Å². The number of nitrogens with two attached hydrogens (primary N) is 1. The largest absolute Gasteiger partial charge is 0.398 e. The minimum Gasteiger partial charge on any atom is -0.398 e. The topological polar surface area (TPSA) is 56.7 Å². The lowest BCUT2D eigenvalue weighted by Gasteiger charge is -2.10. The molecule has 0 unspecified atom stereocenters. The Kier molecular flexibility index (Phi) is 3.16. The zero-order valence-electron chi connectivity index (χ0n) is 10.7. The van der Waals surface area contributed by atoms with E-state index in [0.29, 0.717) is 17.8 Å². The zero-order valence-corrected chi connectivity index (χ0v) is 10.7. The lowest BCUT2D eigenvalue weighted by atomic mass is 10.1. The van der Waals surface area contributed by atoms with Gasteiger partial charge in [-0.05, 0) is 12.1 Å². The number of pyridine rings is 1. The van der Waals surface area contributed by atoms with Crippen molar-refractivity contribution in [1.82, 2.24) is 14.5 Å². The predicted molar refractivity (Wildman–Crippen MR) is 75.4 cm³/mol. The molecule has 0 saturated carbocycles. The van der Waals surface area contributed by atoms with Crippen molar-refractivity contribution in [2.24, 2.45) is 0 Å². The molecule has 3 rings (SSSR count). The highest BCUT2D eigenvalue weighted by molar-refractivity contribution is 5.72. The van der Waals surface area contributed by atoms with Crippen LogP contribution in [0.4, 0.5) is 10.1 Å². The van der Waals surface area contributed by atoms with Crippen LogP contribution in [0.1, 0.15) is 5.56 Å². The molecular weight excluding hydrogens is 255 g/mol. The molecule has 0 aliphatic heterocycles. The second-order valence-corrected chi connectivity index (χ2v) is 4.46. The molecule has 0 atom stereocenters. The highest BCUT2D eigenvalue weighted by Crippen LogP contribution is 2.25. The van der Waals surface area contributed by atoms with Crippen molar-refractivity contribution >= 4 is 5.69 Å². The number of aromatic nitrogens is 3. The van der Waals surface area contributed by atoms with Crippen LogP contribution in [-0.4, -0.2) is 14.5 Å². The summed E-state index contributed by atoms with van der Waals surface area (Å²) >= 11 is 0. The minimum atomic E-state index is -0.230. The van der Waals surface area contributed by atoms with Gasteiger partial charge >= 0.3 is 0 Å². The number of nitrogens with zero attached hydrogens (tertiary/aromatic N) is 3. The smallest absolute Gasteiger partial charge is 0.128 e. The first-order valence-corrected chi connectivity index (χ1v) is 6.19. The Labute approximate surface area is 115 Å². The summed E-state index contributed by atoms with van der Waals surface area (Å²) in [6.07, 6.45) is 6.68. The summed E-state index contributed by atoms with van der Waals surface area (Å²) in [5, 5.41) is 0. The van der Waals surface area contributed by atoms with Gasteiger partial charge in [-0.25, -0.2) is 9.37 Å². The molecule has 0 amide bonds. The van der Waals surface area contributed by atoms with Crippen LogP contribution in [0.2, 0.25) is 0 Å². The fourth-order valence-electron chi connectivity index (χ4n) is 2.10. The maximum absolute atomic E-state index is 13.7. The van der Waals surface area contributed by atoms with Gasteiger partial charge in [0.2, 0.25) is 0 Å². The van der Waals surface area contributed by atoms with Gasteiger partial charge in [0.1, 0.15) is 5.82 Å². The second-order valence-electron chi connectivity index (χ2n) is 4.46. The van der Waals surface area contributed by atoms with E-state index in [1.807, 2.05) is 10.6 Å². The van der Waals surface area contributed by atoms with Crippen LogP contribution in [0, 0.1) is 5.82 Å². The normalized spacial score (nSPS) is 10.7. The number of rotatable bonds is 3. The lowest BCUT2D eigenvalue weighted by molar-refractivity contribution is 0.600. The van der Waals surface area contributed by atoms with Gasteiger partial charge in [0.25, 0.3) is 0 Å². The number of benzene rings is 1. The Morgan fingerprint density at radius 3 is 2.75 bits per heavy atom. The molecule has 2 aromatic heterocycles. The standard InChI is InChI=1S/C15H13FN4/c16-13-4-2-1-3-11(13)9-20-10-19-8-15(20)12-7-18-6-5-14(12)17/h1-8,10H,9H2,(H2,17,18). The van der Waals surface area contributed by atoms with Crippen molar-refractivity contribution in [2.45, 2.75) is 6.54 Å². The highest BCUT2D eigenvalue weighted by Gasteiger charge is 2.10. The monoisotopic (exact) mass is 268 g/mol. The van der Waals surface area contributed by atoms with Gasteiger partial charge in [0.05, 0.1) is 24.8 Å². The van der Waals surface area contributed by atoms with E-state index in [2.05, 4.69) is 9.97 Å². The molecule has 0 radical (unpaired) electrons. The van der Waals surface area contributed by atoms with Crippen molar-refractivity contribution in [3.05, 3.63) is 66.6 Å². The number of hydrogen-bond donors (Lipinski definition) is 1. The Hall–Kier alpha value is -2.69. The van der Waals surface area contributed by atoms with Gasteiger partial charge in [0, 0.05) is 29.2 Å². The van der Waals surface area contributed by atoms with Crippen LogP contribution in [0.25, 0.3) is 11.3 Å². The van der Waals surface area contributed by atoms with E-state index in [0.717, 1.165) is 11.3 Å². The van der Waals surface area contributed by atoms with Crippen LogP contribution in [0.15, 0.2) is 55.2 Å². The number of halogens is 1. The van der Waals surface area contributed by atoms with Gasteiger partial charge in [-0.15, -0.1) is 0 Å². The Morgan fingerprint density at radius 2 is 1.95 bits per heavy atom. The molecule has 0 saturated heterocycles. The number of nitrogen functional groups attached to an aromatic ring is 1. The fourth-order valence-corrected chi connectivity index (χ4v) is 2.10. The van der Waals surface area contributed by atoms with Crippen molar-refractivity contribution in [3.63, 3.8) is 0 Å². The van der Waals surface area contributed by atoms with E-state index in [1.54, 1.807) is 43.1 Å². The quantitative estimate of drug-likeness (QED) is 0.794. The maximum atomic E-state index is 13.7. The third-order valence-corrected chi connectivity index (χ3v) is 3.14. The Morgan fingerprint density at radius 1 is 1.10 bits per heavy atom. The van der Waals surface area contributed by atoms with Crippen LogP contribution >= 0.6 is 0 Å². The van der Waals surface area contributed by atoms with Crippen molar-refractivity contribution in [3.8, 4) is 11.3 Å². The summed E-state index contributed by atoms with van der Waals surface area (Å²) in [7, 11) is 0. The molecule has 5 heteroatoms. The first-order chi connectivity index (χ1) is 9.75. The average Bonchev–Trinajstić information content (AvgIpc) is 2.90. The molecule has 0 aliphatic carbocycles. The van der Waals surface area contributed by atoms with Gasteiger partial charge in [-0.1, -0.05) is 18.2 Å². The van der Waals surface area contributed by atoms with Gasteiger partial charge in [-0.3, -0.25) is 4.98 Å². The van der Waals surface area contributed by atoms with E-state index in [1.165, 1.54) is 6.07 Å². The molecule has 0 spiro atoms. The Balaban J connectivity index is 2.00. The molecule has 1 aromatic carbocycles. The van der Waals surface area contributed by atoms with E-state index in [-0.39, 0.29) is 5.82 Å². The first kappa shape index (κ1) is 12.3. The molecule has 4 nitrogen and oxygen atoms in total. The van der Waals surface area contributed by atoms with Crippen molar-refractivity contribution in [1.29, 1.82) is 0 Å². The third kappa shape index (κ3) is 2.25. The van der Waals surface area contributed by atoms with Crippen molar-refractivity contribution < 1.29 is 4.39 Å². The minimum absolute atomic E-state index is 0.230. The number of imidazole rings is 1. The van der Waals surface area contributed by atoms with Crippen LogP contribution in [0.3, 0.4) is 0 Å². The molecule has 2 heterocycles. The summed E-state index contributed by atoms with van der Waals surface area (Å²) in [6.45, 7) is 0.399. The number of anilines is 1. The third-order valence-electron chi connectivity index (χ3n) is 3.14. The summed E-state index contributed by atoms with van der Waals surface area (Å²) in [5.74, 6) is -0.230. The zero-order chi connectivity index (χ0) is 13.9. The first-order valence-electron chi connectivity index (χ1n) is 6.19. The average molecular weight is 268 g/mol.